The van der Waals surface area contributed by atoms with Crippen molar-refractivity contribution in [2.75, 3.05) is 13.1 Å². The Kier molecular flexibility index (Phi) is 4.25. The van der Waals surface area contributed by atoms with Crippen molar-refractivity contribution in [2.45, 2.75) is 26.1 Å². The Morgan fingerprint density at radius 1 is 1.30 bits per heavy atom. The maximum absolute atomic E-state index is 12.3. The molecular weight excluding hydrogens is 294 g/mol. The summed E-state index contributed by atoms with van der Waals surface area (Å²) in [6, 6.07) is 7.29. The van der Waals surface area contributed by atoms with Crippen molar-refractivity contribution >= 4 is 23.0 Å². The van der Waals surface area contributed by atoms with Gasteiger partial charge in [-0.05, 0) is 32.1 Å². The summed E-state index contributed by atoms with van der Waals surface area (Å²) in [6.07, 6.45) is 2.90. The SMILES string of the molecule is CC1CN(C(=O)C=Cc2nc3ccccc3[nH]c2=O)CC(C)O1. The van der Waals surface area contributed by atoms with Crippen LogP contribution in [0, 0.1) is 0 Å². The number of hydrogen-bond donors (Lipinski definition) is 1. The molecule has 6 nitrogen and oxygen atoms in total. The van der Waals surface area contributed by atoms with E-state index in [9.17, 15) is 9.59 Å². The maximum Gasteiger partial charge on any atom is 0.274 e. The average molecular weight is 313 g/mol. The summed E-state index contributed by atoms with van der Waals surface area (Å²) in [7, 11) is 0. The zero-order valence-corrected chi connectivity index (χ0v) is 13.2. The molecule has 1 aromatic carbocycles. The second kappa shape index (κ2) is 6.34. The van der Waals surface area contributed by atoms with Crippen LogP contribution in [0.15, 0.2) is 35.1 Å². The standard InChI is InChI=1S/C17H19N3O3/c1-11-9-20(10-12(2)23-11)16(21)8-7-15-17(22)19-14-6-4-3-5-13(14)18-15/h3-8,11-12H,9-10H2,1-2H3,(H,19,22). The van der Waals surface area contributed by atoms with Gasteiger partial charge in [0, 0.05) is 19.2 Å². The summed E-state index contributed by atoms with van der Waals surface area (Å²) in [5.74, 6) is -0.138. The first-order chi connectivity index (χ1) is 11.0. The zero-order chi connectivity index (χ0) is 16.4. The summed E-state index contributed by atoms with van der Waals surface area (Å²) in [6.45, 7) is 4.98. The second-order valence-corrected chi connectivity index (χ2v) is 5.80. The summed E-state index contributed by atoms with van der Waals surface area (Å²) in [5.41, 5.74) is 1.28. The van der Waals surface area contributed by atoms with Crippen molar-refractivity contribution in [3.8, 4) is 0 Å². The number of amides is 1. The highest BCUT2D eigenvalue weighted by molar-refractivity contribution is 5.91. The van der Waals surface area contributed by atoms with E-state index in [1.807, 2.05) is 32.0 Å². The molecule has 0 saturated carbocycles. The van der Waals surface area contributed by atoms with Gasteiger partial charge < -0.3 is 14.6 Å². The highest BCUT2D eigenvalue weighted by Gasteiger charge is 2.24. The minimum atomic E-state index is -0.309. The lowest BCUT2D eigenvalue weighted by Gasteiger charge is -2.34. The number of ether oxygens (including phenoxy) is 1. The van der Waals surface area contributed by atoms with Crippen LogP contribution in [0.5, 0.6) is 0 Å². The molecule has 1 aliphatic rings. The molecule has 2 heterocycles. The molecular formula is C17H19N3O3. The van der Waals surface area contributed by atoms with Gasteiger partial charge in [-0.1, -0.05) is 12.1 Å². The van der Waals surface area contributed by atoms with E-state index in [4.69, 9.17) is 4.74 Å². The number of carbonyl (C=O) groups is 1. The molecule has 2 unspecified atom stereocenters. The van der Waals surface area contributed by atoms with E-state index in [0.717, 1.165) is 0 Å². The highest BCUT2D eigenvalue weighted by Crippen LogP contribution is 2.11. The number of rotatable bonds is 2. The molecule has 23 heavy (non-hydrogen) atoms. The number of aromatic amines is 1. The van der Waals surface area contributed by atoms with E-state index in [-0.39, 0.29) is 29.4 Å². The predicted octanol–water partition coefficient (Wildman–Crippen LogP) is 1.57. The van der Waals surface area contributed by atoms with Crippen molar-refractivity contribution < 1.29 is 9.53 Å². The number of morpholine rings is 1. The van der Waals surface area contributed by atoms with Gasteiger partial charge in [0.15, 0.2) is 0 Å². The van der Waals surface area contributed by atoms with Crippen LogP contribution in [-0.4, -0.2) is 46.1 Å². The molecule has 1 amide bonds. The number of nitrogens with one attached hydrogen (secondary N) is 1. The Balaban J connectivity index is 1.81. The summed E-state index contributed by atoms with van der Waals surface area (Å²) in [5, 5.41) is 0. The summed E-state index contributed by atoms with van der Waals surface area (Å²) < 4.78 is 5.61. The minimum Gasteiger partial charge on any atom is -0.372 e. The largest absolute Gasteiger partial charge is 0.372 e. The molecule has 1 aliphatic heterocycles. The number of para-hydroxylation sites is 2. The number of H-pyrrole nitrogens is 1. The molecule has 0 bridgehead atoms. The van der Waals surface area contributed by atoms with E-state index >= 15 is 0 Å². The predicted molar refractivity (Wildman–Crippen MR) is 88.0 cm³/mol. The van der Waals surface area contributed by atoms with E-state index in [0.29, 0.717) is 24.1 Å². The van der Waals surface area contributed by atoms with Gasteiger partial charge in [0.25, 0.3) is 5.56 Å². The number of benzene rings is 1. The third-order valence-electron chi connectivity index (χ3n) is 3.74. The average Bonchev–Trinajstić information content (AvgIpc) is 2.51. The van der Waals surface area contributed by atoms with Crippen molar-refractivity contribution in [3.05, 3.63) is 46.4 Å². The van der Waals surface area contributed by atoms with E-state index < -0.39 is 0 Å². The fourth-order valence-electron chi connectivity index (χ4n) is 2.77. The Bertz CT molecular complexity index is 802. The van der Waals surface area contributed by atoms with Gasteiger partial charge in [0.1, 0.15) is 5.69 Å². The van der Waals surface area contributed by atoms with E-state index in [2.05, 4.69) is 9.97 Å². The van der Waals surface area contributed by atoms with Gasteiger partial charge in [0.05, 0.1) is 23.2 Å². The van der Waals surface area contributed by atoms with Crippen LogP contribution < -0.4 is 5.56 Å². The van der Waals surface area contributed by atoms with Gasteiger partial charge in [0.2, 0.25) is 5.91 Å². The second-order valence-electron chi connectivity index (χ2n) is 5.80. The van der Waals surface area contributed by atoms with Crippen LogP contribution in [0.25, 0.3) is 17.1 Å². The third kappa shape index (κ3) is 3.48. The molecule has 2 atom stereocenters. The first kappa shape index (κ1) is 15.4. The number of nitrogens with zero attached hydrogens (tertiary/aromatic N) is 2. The lowest BCUT2D eigenvalue weighted by Crippen LogP contribution is -2.47. The fourth-order valence-corrected chi connectivity index (χ4v) is 2.77. The van der Waals surface area contributed by atoms with Crippen LogP contribution >= 0.6 is 0 Å². The smallest absolute Gasteiger partial charge is 0.274 e. The van der Waals surface area contributed by atoms with Crippen LogP contribution in [0.2, 0.25) is 0 Å². The first-order valence-corrected chi connectivity index (χ1v) is 7.64. The minimum absolute atomic E-state index is 0.0123. The topological polar surface area (TPSA) is 75.3 Å². The van der Waals surface area contributed by atoms with Gasteiger partial charge in [-0.15, -0.1) is 0 Å². The normalized spacial score (nSPS) is 21.9. The number of aromatic nitrogens is 2. The van der Waals surface area contributed by atoms with Crippen molar-refractivity contribution in [1.29, 1.82) is 0 Å². The van der Waals surface area contributed by atoms with Crippen molar-refractivity contribution in [1.82, 2.24) is 14.9 Å². The molecule has 1 aromatic heterocycles. The Morgan fingerprint density at radius 3 is 2.74 bits per heavy atom. The molecule has 1 saturated heterocycles. The van der Waals surface area contributed by atoms with Crippen LogP contribution in [0.4, 0.5) is 0 Å². The molecule has 0 spiro atoms. The maximum atomic E-state index is 12.3. The number of fused-ring (bicyclic) bond motifs is 1. The molecule has 0 radical (unpaired) electrons. The summed E-state index contributed by atoms with van der Waals surface area (Å²) in [4.78, 5) is 33.1. The first-order valence-electron chi connectivity index (χ1n) is 7.64. The number of hydrogen-bond acceptors (Lipinski definition) is 4. The lowest BCUT2D eigenvalue weighted by molar-refractivity contribution is -0.137. The van der Waals surface area contributed by atoms with E-state index in [1.54, 1.807) is 11.0 Å². The van der Waals surface area contributed by atoms with Gasteiger partial charge in [-0.2, -0.15) is 0 Å². The third-order valence-corrected chi connectivity index (χ3v) is 3.74. The lowest BCUT2D eigenvalue weighted by atomic mass is 10.2. The summed E-state index contributed by atoms with van der Waals surface area (Å²) >= 11 is 0. The quantitative estimate of drug-likeness (QED) is 0.854. The Morgan fingerprint density at radius 2 is 2.00 bits per heavy atom. The van der Waals surface area contributed by atoms with Crippen molar-refractivity contribution in [2.24, 2.45) is 0 Å². The molecule has 6 heteroatoms. The van der Waals surface area contributed by atoms with Crippen LogP contribution in [0.1, 0.15) is 19.5 Å². The monoisotopic (exact) mass is 313 g/mol. The number of carbonyl (C=O) groups excluding carboxylic acids is 1. The van der Waals surface area contributed by atoms with Crippen molar-refractivity contribution in [3.63, 3.8) is 0 Å². The van der Waals surface area contributed by atoms with Crippen LogP contribution in [-0.2, 0) is 9.53 Å². The molecule has 120 valence electrons. The highest BCUT2D eigenvalue weighted by atomic mass is 16.5. The van der Waals surface area contributed by atoms with Crippen LogP contribution in [0.3, 0.4) is 0 Å². The molecule has 1 fully saturated rings. The van der Waals surface area contributed by atoms with Gasteiger partial charge in [-0.25, -0.2) is 4.98 Å². The molecule has 2 aromatic rings. The zero-order valence-electron chi connectivity index (χ0n) is 13.2. The fraction of sp³-hybridized carbons (Fsp3) is 0.353. The molecule has 0 aliphatic carbocycles. The molecule has 1 N–H and O–H groups in total. The Labute approximate surface area is 133 Å². The Hall–Kier alpha value is -2.47. The molecule has 3 rings (SSSR count). The van der Waals surface area contributed by atoms with Gasteiger partial charge >= 0.3 is 0 Å². The van der Waals surface area contributed by atoms with E-state index in [1.165, 1.54) is 12.2 Å². The van der Waals surface area contributed by atoms with Gasteiger partial charge in [-0.3, -0.25) is 9.59 Å².